The fraction of sp³-hybridized carbons (Fsp3) is 0. The molecule has 0 atom stereocenters. The topological polar surface area (TPSA) is 12.9 Å². The third kappa shape index (κ3) is 4.29. The van der Waals surface area contributed by atoms with Crippen LogP contribution in [-0.4, -0.2) is 4.98 Å². The van der Waals surface area contributed by atoms with Gasteiger partial charge in [-0.25, -0.2) is 8.78 Å². The summed E-state index contributed by atoms with van der Waals surface area (Å²) in [7, 11) is 0. The molecular weight excluding hydrogens is 304 g/mol. The van der Waals surface area contributed by atoms with E-state index in [0.717, 1.165) is 11.1 Å². The first-order chi connectivity index (χ1) is 11.7. The van der Waals surface area contributed by atoms with E-state index in [1.165, 1.54) is 24.3 Å². The lowest BCUT2D eigenvalue weighted by Crippen LogP contribution is -1.83. The summed E-state index contributed by atoms with van der Waals surface area (Å²) < 4.78 is 25.7. The highest BCUT2D eigenvalue weighted by Gasteiger charge is 1.93. The van der Waals surface area contributed by atoms with Crippen LogP contribution >= 0.6 is 0 Å². The van der Waals surface area contributed by atoms with Gasteiger partial charge in [-0.1, -0.05) is 23.7 Å². The zero-order chi connectivity index (χ0) is 16.8. The van der Waals surface area contributed by atoms with Gasteiger partial charge in [-0.3, -0.25) is 4.98 Å². The van der Waals surface area contributed by atoms with Crippen molar-refractivity contribution >= 4 is 0 Å². The van der Waals surface area contributed by atoms with Crippen LogP contribution in [0.3, 0.4) is 0 Å². The molecule has 1 nitrogen and oxygen atoms in total. The lowest BCUT2D eigenvalue weighted by molar-refractivity contribution is 0.627. The number of nitrogens with zero attached hydrogens (tertiary/aromatic N) is 1. The summed E-state index contributed by atoms with van der Waals surface area (Å²) in [5.74, 6) is 11.3. The molecule has 1 aromatic heterocycles. The van der Waals surface area contributed by atoms with Crippen molar-refractivity contribution in [3.05, 3.63) is 101 Å². The summed E-state index contributed by atoms with van der Waals surface area (Å²) in [6.07, 6.45) is 3.28. The first-order valence-electron chi connectivity index (χ1n) is 7.19. The Bertz CT molecular complexity index is 888. The van der Waals surface area contributed by atoms with Gasteiger partial charge in [-0.05, 0) is 54.6 Å². The Morgan fingerprint density at radius 2 is 0.917 bits per heavy atom. The summed E-state index contributed by atoms with van der Waals surface area (Å²) in [6.45, 7) is 0. The molecule has 0 N–H and O–H groups in total. The second-order valence-corrected chi connectivity index (χ2v) is 4.98. The molecule has 0 aliphatic heterocycles. The Hall–Kier alpha value is -3.43. The summed E-state index contributed by atoms with van der Waals surface area (Å²) in [5.41, 5.74) is 2.87. The molecule has 3 aromatic rings. The van der Waals surface area contributed by atoms with Crippen molar-refractivity contribution in [3.63, 3.8) is 0 Å². The van der Waals surface area contributed by atoms with E-state index in [2.05, 4.69) is 28.7 Å². The van der Waals surface area contributed by atoms with Gasteiger partial charge in [0.25, 0.3) is 0 Å². The van der Waals surface area contributed by atoms with Gasteiger partial charge < -0.3 is 0 Å². The average Bonchev–Trinajstić information content (AvgIpc) is 2.61. The van der Waals surface area contributed by atoms with Gasteiger partial charge in [0.15, 0.2) is 0 Å². The minimum absolute atomic E-state index is 0.291. The highest BCUT2D eigenvalue weighted by Crippen LogP contribution is 2.05. The molecule has 0 unspecified atom stereocenters. The number of halogens is 2. The molecular formula is C21H11F2N. The van der Waals surface area contributed by atoms with Gasteiger partial charge in [-0.2, -0.15) is 0 Å². The molecule has 0 aliphatic rings. The second kappa shape index (κ2) is 7.22. The molecule has 0 aliphatic carbocycles. The highest BCUT2D eigenvalue weighted by molar-refractivity contribution is 5.47. The van der Waals surface area contributed by atoms with E-state index in [0.29, 0.717) is 11.1 Å². The normalized spacial score (nSPS) is 9.42. The number of rotatable bonds is 0. The van der Waals surface area contributed by atoms with Crippen molar-refractivity contribution < 1.29 is 8.78 Å². The van der Waals surface area contributed by atoms with Crippen LogP contribution in [0.15, 0.2) is 67.0 Å². The van der Waals surface area contributed by atoms with Crippen molar-refractivity contribution in [1.29, 1.82) is 0 Å². The molecule has 24 heavy (non-hydrogen) atoms. The monoisotopic (exact) mass is 315 g/mol. The highest BCUT2D eigenvalue weighted by atomic mass is 19.1. The molecule has 0 saturated carbocycles. The molecule has 0 radical (unpaired) electrons. The first-order valence-corrected chi connectivity index (χ1v) is 7.19. The van der Waals surface area contributed by atoms with Crippen molar-refractivity contribution in [1.82, 2.24) is 4.98 Å². The van der Waals surface area contributed by atoms with Gasteiger partial charge in [0.1, 0.15) is 11.6 Å². The fourth-order valence-corrected chi connectivity index (χ4v) is 1.93. The summed E-state index contributed by atoms with van der Waals surface area (Å²) in [6, 6.07) is 13.8. The Labute approximate surface area is 139 Å². The molecule has 0 spiro atoms. The van der Waals surface area contributed by atoms with Gasteiger partial charge in [-0.15, -0.1) is 0 Å². The number of aromatic nitrogens is 1. The smallest absolute Gasteiger partial charge is 0.123 e. The molecule has 3 rings (SSSR count). The van der Waals surface area contributed by atoms with Crippen LogP contribution < -0.4 is 0 Å². The van der Waals surface area contributed by atoms with Crippen LogP contribution in [0.2, 0.25) is 0 Å². The molecule has 1 heterocycles. The molecule has 0 fully saturated rings. The summed E-state index contributed by atoms with van der Waals surface area (Å²) >= 11 is 0. The van der Waals surface area contributed by atoms with E-state index in [-0.39, 0.29) is 11.6 Å². The first kappa shape index (κ1) is 15.5. The Balaban J connectivity index is 1.80. The third-order valence-corrected chi connectivity index (χ3v) is 3.13. The minimum atomic E-state index is -0.291. The van der Waals surface area contributed by atoms with Crippen molar-refractivity contribution in [2.75, 3.05) is 0 Å². The third-order valence-electron chi connectivity index (χ3n) is 3.13. The largest absolute Gasteiger partial charge is 0.262 e. The zero-order valence-electron chi connectivity index (χ0n) is 12.6. The van der Waals surface area contributed by atoms with Crippen LogP contribution in [0, 0.1) is 35.3 Å². The molecule has 0 bridgehead atoms. The fourth-order valence-electron chi connectivity index (χ4n) is 1.93. The molecule has 0 saturated heterocycles. The molecule has 3 heteroatoms. The van der Waals surface area contributed by atoms with Gasteiger partial charge in [0, 0.05) is 34.6 Å². The Kier molecular flexibility index (Phi) is 4.65. The minimum Gasteiger partial charge on any atom is -0.262 e. The van der Waals surface area contributed by atoms with Gasteiger partial charge >= 0.3 is 0 Å². The SMILES string of the molecule is Fc1ccc(C#Cc2cncc(C#Cc3ccc(F)cc3)c2)cc1. The van der Waals surface area contributed by atoms with Crippen molar-refractivity contribution in [3.8, 4) is 23.7 Å². The summed E-state index contributed by atoms with van der Waals surface area (Å²) in [5, 5.41) is 0. The Morgan fingerprint density at radius 1 is 0.542 bits per heavy atom. The van der Waals surface area contributed by atoms with Crippen molar-refractivity contribution in [2.45, 2.75) is 0 Å². The standard InChI is InChI=1S/C21H11F2N/c22-20-9-5-16(6-10-20)1-3-18-13-19(15-24-14-18)4-2-17-7-11-21(23)12-8-17/h5-15H. The number of hydrogen-bond acceptors (Lipinski definition) is 1. The van der Waals surface area contributed by atoms with E-state index in [1.807, 2.05) is 6.07 Å². The summed E-state index contributed by atoms with van der Waals surface area (Å²) in [4.78, 5) is 4.11. The van der Waals surface area contributed by atoms with Gasteiger partial charge in [0.2, 0.25) is 0 Å². The van der Waals surface area contributed by atoms with E-state index >= 15 is 0 Å². The lowest BCUT2D eigenvalue weighted by atomic mass is 10.1. The van der Waals surface area contributed by atoms with Crippen LogP contribution in [0.4, 0.5) is 8.78 Å². The number of benzene rings is 2. The predicted octanol–water partition coefficient (Wildman–Crippen LogP) is 4.16. The van der Waals surface area contributed by atoms with E-state index in [9.17, 15) is 8.78 Å². The number of hydrogen-bond donors (Lipinski definition) is 0. The van der Waals surface area contributed by atoms with Crippen LogP contribution in [0.25, 0.3) is 0 Å². The maximum absolute atomic E-state index is 12.9. The predicted molar refractivity (Wildman–Crippen MR) is 89.0 cm³/mol. The lowest BCUT2D eigenvalue weighted by Gasteiger charge is -1.93. The van der Waals surface area contributed by atoms with Gasteiger partial charge in [0.05, 0.1) is 0 Å². The zero-order valence-corrected chi connectivity index (χ0v) is 12.6. The van der Waals surface area contributed by atoms with E-state index in [4.69, 9.17) is 0 Å². The maximum atomic E-state index is 12.9. The van der Waals surface area contributed by atoms with Crippen LogP contribution in [0.5, 0.6) is 0 Å². The molecule has 114 valence electrons. The van der Waals surface area contributed by atoms with Crippen molar-refractivity contribution in [2.24, 2.45) is 0 Å². The van der Waals surface area contributed by atoms with Crippen LogP contribution in [0.1, 0.15) is 22.3 Å². The Morgan fingerprint density at radius 3 is 1.33 bits per heavy atom. The maximum Gasteiger partial charge on any atom is 0.123 e. The molecule has 0 amide bonds. The second-order valence-electron chi connectivity index (χ2n) is 4.98. The molecule has 2 aromatic carbocycles. The quantitative estimate of drug-likeness (QED) is 0.568. The van der Waals surface area contributed by atoms with E-state index in [1.54, 1.807) is 36.7 Å². The number of pyridine rings is 1. The van der Waals surface area contributed by atoms with Crippen LogP contribution in [-0.2, 0) is 0 Å². The average molecular weight is 315 g/mol. The van der Waals surface area contributed by atoms with E-state index < -0.39 is 0 Å².